The Hall–Kier alpha value is -3.83. The second-order valence-corrected chi connectivity index (χ2v) is 23.0. The molecule has 3 nitrogen and oxygen atoms in total. The average Bonchev–Trinajstić information content (AvgIpc) is 3.55. The van der Waals surface area contributed by atoms with E-state index in [0.717, 1.165) is 55.1 Å². The van der Waals surface area contributed by atoms with E-state index in [9.17, 15) is 0 Å². The van der Waals surface area contributed by atoms with Gasteiger partial charge in [-0.2, -0.15) is 0 Å². The molecule has 0 saturated heterocycles. The quantitative estimate of drug-likeness (QED) is 0.195. The van der Waals surface area contributed by atoms with Crippen molar-refractivity contribution in [2.75, 3.05) is 0 Å². The fraction of sp³-hybridized carbons (Fsp3) is 0.171. The van der Waals surface area contributed by atoms with Gasteiger partial charge in [0.1, 0.15) is 0 Å². The summed E-state index contributed by atoms with van der Waals surface area (Å²) in [6.45, 7) is 4.61. The van der Waals surface area contributed by atoms with Crippen molar-refractivity contribution in [1.82, 2.24) is 4.98 Å². The molecule has 0 spiro atoms. The van der Waals surface area contributed by atoms with Crippen molar-refractivity contribution in [3.05, 3.63) is 96.2 Å². The summed E-state index contributed by atoms with van der Waals surface area (Å²) < 4.78 is 14.8. The van der Waals surface area contributed by atoms with Gasteiger partial charge in [0.2, 0.25) is 0 Å². The molecule has 190 valence electrons. The normalized spacial score (nSPS) is 14.5. The molecule has 0 aliphatic heterocycles. The Labute approximate surface area is 229 Å². The first-order valence-electron chi connectivity index (χ1n) is 13.6. The van der Waals surface area contributed by atoms with E-state index in [1.807, 2.05) is 6.20 Å². The zero-order valence-corrected chi connectivity index (χ0v) is 24.9. The van der Waals surface area contributed by atoms with Gasteiger partial charge >= 0.3 is 181 Å². The van der Waals surface area contributed by atoms with Crippen molar-refractivity contribution in [2.45, 2.75) is 36.5 Å². The van der Waals surface area contributed by atoms with Gasteiger partial charge in [-0.05, 0) is 11.1 Å². The molecule has 3 heterocycles. The maximum atomic E-state index is 6.82. The molecule has 0 saturated carbocycles. The van der Waals surface area contributed by atoms with Crippen LogP contribution in [0.4, 0.5) is 0 Å². The van der Waals surface area contributed by atoms with Crippen LogP contribution in [0, 0.1) is 0 Å². The number of para-hydroxylation sites is 2. The summed E-state index contributed by atoms with van der Waals surface area (Å²) in [5, 5.41) is 4.49. The van der Waals surface area contributed by atoms with Gasteiger partial charge in [0.05, 0.1) is 0 Å². The molecule has 0 amide bonds. The number of furan rings is 2. The van der Waals surface area contributed by atoms with Crippen LogP contribution in [-0.4, -0.2) is 18.3 Å². The zero-order valence-electron chi connectivity index (χ0n) is 22.8. The second-order valence-electron chi connectivity index (χ2n) is 12.4. The van der Waals surface area contributed by atoms with Crippen LogP contribution in [0.25, 0.3) is 66.3 Å². The van der Waals surface area contributed by atoms with Crippen LogP contribution in [0.15, 0.2) is 93.9 Å². The van der Waals surface area contributed by atoms with E-state index in [1.165, 1.54) is 26.6 Å². The minimum absolute atomic E-state index is 0.139. The first kappa shape index (κ1) is 23.1. The molecule has 0 unspecified atom stereocenters. The summed E-state index contributed by atoms with van der Waals surface area (Å²) in [5.74, 6) is 7.22. The summed E-state index contributed by atoms with van der Waals surface area (Å²) in [4.78, 5) is 4.94. The van der Waals surface area contributed by atoms with Crippen molar-refractivity contribution in [3.8, 4) is 22.4 Å². The Balaban J connectivity index is 1.37. The SMILES string of the molecule is CC1(C)c2ccccc2-c2ccc3c(oc4c(-c5cc6oc7[c]([Ge]([CH3])([CH3])[CH3])cccc7c6cn5)cccc43)c21. The van der Waals surface area contributed by atoms with Crippen LogP contribution in [0.1, 0.15) is 25.0 Å². The molecule has 1 aliphatic rings. The van der Waals surface area contributed by atoms with Crippen LogP contribution in [0.2, 0.25) is 17.3 Å². The van der Waals surface area contributed by atoms with Gasteiger partial charge in [-0.25, -0.2) is 0 Å². The number of pyridine rings is 1. The molecular weight excluding hydrogens is 539 g/mol. The molecule has 0 atom stereocenters. The molecule has 8 rings (SSSR count). The Bertz CT molecular complexity index is 2140. The Kier molecular flexibility index (Phi) is 4.52. The van der Waals surface area contributed by atoms with Gasteiger partial charge in [-0.15, -0.1) is 0 Å². The summed E-state index contributed by atoms with van der Waals surface area (Å²) in [6.07, 6.45) is 1.97. The van der Waals surface area contributed by atoms with Crippen LogP contribution in [0.3, 0.4) is 0 Å². The van der Waals surface area contributed by atoms with Crippen molar-refractivity contribution >= 4 is 61.5 Å². The number of rotatable bonds is 2. The first-order chi connectivity index (χ1) is 18.7. The molecule has 4 heteroatoms. The molecule has 0 bridgehead atoms. The molecular formula is C35H29GeNO2. The number of aromatic nitrogens is 1. The summed E-state index contributed by atoms with van der Waals surface area (Å²) in [5.41, 5.74) is 10.7. The maximum absolute atomic E-state index is 6.82. The van der Waals surface area contributed by atoms with Crippen LogP contribution in [-0.2, 0) is 5.41 Å². The van der Waals surface area contributed by atoms with Gasteiger partial charge in [-0.1, -0.05) is 38.1 Å². The van der Waals surface area contributed by atoms with Gasteiger partial charge in [-0.3, -0.25) is 0 Å². The molecule has 4 aromatic carbocycles. The van der Waals surface area contributed by atoms with E-state index in [0.29, 0.717) is 0 Å². The number of benzene rings is 4. The van der Waals surface area contributed by atoms with Gasteiger partial charge < -0.3 is 0 Å². The summed E-state index contributed by atoms with van der Waals surface area (Å²) in [7, 11) is 0. The Morgan fingerprint density at radius 1 is 0.641 bits per heavy atom. The topological polar surface area (TPSA) is 39.2 Å². The molecule has 39 heavy (non-hydrogen) atoms. The summed E-state index contributed by atoms with van der Waals surface area (Å²) >= 11 is -2.11. The predicted octanol–water partition coefficient (Wildman–Crippen LogP) is 9.40. The van der Waals surface area contributed by atoms with Crippen LogP contribution in [0.5, 0.6) is 0 Å². The number of hydrogen-bond acceptors (Lipinski definition) is 3. The second kappa shape index (κ2) is 7.64. The van der Waals surface area contributed by atoms with Crippen LogP contribution >= 0.6 is 0 Å². The van der Waals surface area contributed by atoms with E-state index in [2.05, 4.69) is 110 Å². The Morgan fingerprint density at radius 2 is 1.36 bits per heavy atom. The zero-order chi connectivity index (χ0) is 26.7. The van der Waals surface area contributed by atoms with Gasteiger partial charge in [0.25, 0.3) is 0 Å². The van der Waals surface area contributed by atoms with E-state index >= 15 is 0 Å². The van der Waals surface area contributed by atoms with Gasteiger partial charge in [0, 0.05) is 0 Å². The van der Waals surface area contributed by atoms with Crippen molar-refractivity contribution in [2.24, 2.45) is 0 Å². The fourth-order valence-corrected chi connectivity index (χ4v) is 9.81. The van der Waals surface area contributed by atoms with E-state index in [1.54, 1.807) is 0 Å². The molecule has 3 aromatic heterocycles. The number of fused-ring (bicyclic) bond motifs is 10. The van der Waals surface area contributed by atoms with E-state index < -0.39 is 13.3 Å². The van der Waals surface area contributed by atoms with Crippen molar-refractivity contribution < 1.29 is 8.83 Å². The fourth-order valence-electron chi connectivity index (χ4n) is 6.74. The number of hydrogen-bond donors (Lipinski definition) is 0. The third-order valence-corrected chi connectivity index (χ3v) is 12.9. The molecule has 0 radical (unpaired) electrons. The van der Waals surface area contributed by atoms with Crippen LogP contribution < -0.4 is 4.40 Å². The molecule has 0 N–H and O–H groups in total. The number of nitrogens with zero attached hydrogens (tertiary/aromatic N) is 1. The molecule has 0 fully saturated rings. The van der Waals surface area contributed by atoms with Gasteiger partial charge in [0.15, 0.2) is 0 Å². The third-order valence-electron chi connectivity index (χ3n) is 8.65. The Morgan fingerprint density at radius 3 is 2.18 bits per heavy atom. The van der Waals surface area contributed by atoms with Crippen molar-refractivity contribution in [1.29, 1.82) is 0 Å². The average molecular weight is 568 g/mol. The predicted molar refractivity (Wildman–Crippen MR) is 165 cm³/mol. The van der Waals surface area contributed by atoms with Crippen molar-refractivity contribution in [3.63, 3.8) is 0 Å². The van der Waals surface area contributed by atoms with E-state index in [-0.39, 0.29) is 5.41 Å². The minimum atomic E-state index is -2.11. The molecule has 7 aromatic rings. The summed E-state index contributed by atoms with van der Waals surface area (Å²) in [6, 6.07) is 28.2. The van der Waals surface area contributed by atoms with E-state index in [4.69, 9.17) is 13.8 Å². The monoisotopic (exact) mass is 569 g/mol. The third kappa shape index (κ3) is 3.08. The standard InChI is InChI=1S/C35H29GeNO2/c1-35(2)27-14-7-6-10-20(27)21-16-17-24-22-11-8-13-25(32(22)39-34(24)31(21)35)29-18-30-26(19-37-29)23-12-9-15-28(33(23)38-30)36(3,4)5/h6-19H,1-5H3. The molecule has 1 aliphatic carbocycles. The first-order valence-corrected chi connectivity index (χ1v) is 21.0.